The van der Waals surface area contributed by atoms with Gasteiger partial charge in [0.05, 0.1) is 11.5 Å². The van der Waals surface area contributed by atoms with Crippen LogP contribution in [0.1, 0.15) is 31.9 Å². The second-order valence-electron chi connectivity index (χ2n) is 6.24. The largest absolute Gasteiger partial charge is 0.392 e. The van der Waals surface area contributed by atoms with Crippen LogP contribution in [0.25, 0.3) is 0 Å². The molecular weight excluding hydrogens is 348 g/mol. The van der Waals surface area contributed by atoms with Gasteiger partial charge in [-0.3, -0.25) is 4.72 Å². The monoisotopic (exact) mass is 369 g/mol. The second kappa shape index (κ2) is 8.34. The first-order valence-electron chi connectivity index (χ1n) is 7.56. The Kier molecular flexibility index (Phi) is 6.69. The molecule has 6 heteroatoms. The average Bonchev–Trinajstić information content (AvgIpc) is 2.53. The molecule has 2 aromatic carbocycles. The van der Waals surface area contributed by atoms with Crippen LogP contribution in [-0.4, -0.2) is 9.85 Å². The molecule has 0 aliphatic heterocycles. The summed E-state index contributed by atoms with van der Waals surface area (Å²) in [4.78, 5) is 0.965. The Morgan fingerprint density at radius 1 is 1.04 bits per heavy atom. The minimum atomic E-state index is -0.466. The molecule has 0 aromatic heterocycles. The van der Waals surface area contributed by atoms with Crippen LogP contribution in [0, 0.1) is 11.6 Å². The van der Waals surface area contributed by atoms with Gasteiger partial charge in [0.25, 0.3) is 0 Å². The number of rotatable bonds is 6. The zero-order chi connectivity index (χ0) is 17.7. The lowest BCUT2D eigenvalue weighted by molar-refractivity contribution is 0.279. The van der Waals surface area contributed by atoms with Gasteiger partial charge in [-0.2, -0.15) is 0 Å². The number of aliphatic hydroxyl groups excluding tert-OH is 1. The molecule has 2 rings (SSSR count). The molecular formula is C18H21F2NOS2. The van der Waals surface area contributed by atoms with Gasteiger partial charge in [0.1, 0.15) is 11.6 Å². The van der Waals surface area contributed by atoms with E-state index in [0.717, 1.165) is 23.9 Å². The summed E-state index contributed by atoms with van der Waals surface area (Å²) in [6.07, 6.45) is 0. The van der Waals surface area contributed by atoms with E-state index in [9.17, 15) is 13.9 Å². The maximum atomic E-state index is 14.3. The lowest BCUT2D eigenvalue weighted by Gasteiger charge is -2.19. The zero-order valence-electron chi connectivity index (χ0n) is 13.9. The predicted molar refractivity (Wildman–Crippen MR) is 97.0 cm³/mol. The van der Waals surface area contributed by atoms with Crippen LogP contribution < -0.4 is 4.72 Å². The van der Waals surface area contributed by atoms with Gasteiger partial charge in [-0.15, -0.1) is 0 Å². The van der Waals surface area contributed by atoms with Gasteiger partial charge < -0.3 is 5.11 Å². The van der Waals surface area contributed by atoms with Crippen LogP contribution in [0.15, 0.2) is 46.2 Å². The van der Waals surface area contributed by atoms with Crippen molar-refractivity contribution in [2.45, 2.75) is 48.5 Å². The maximum absolute atomic E-state index is 14.3. The third kappa shape index (κ3) is 5.21. The first kappa shape index (κ1) is 19.2. The highest BCUT2D eigenvalue weighted by Crippen LogP contribution is 2.36. The van der Waals surface area contributed by atoms with Crippen molar-refractivity contribution >= 4 is 23.7 Å². The summed E-state index contributed by atoms with van der Waals surface area (Å²) in [6.45, 7) is 6.20. The average molecular weight is 370 g/mol. The van der Waals surface area contributed by atoms with E-state index in [2.05, 4.69) is 4.72 Å². The number of nitrogens with one attached hydrogen (secondary N) is 1. The lowest BCUT2D eigenvalue weighted by atomic mass is 10.2. The molecule has 0 bridgehead atoms. The molecule has 130 valence electrons. The van der Waals surface area contributed by atoms with E-state index < -0.39 is 11.6 Å². The third-order valence-corrected chi connectivity index (χ3v) is 5.30. The fourth-order valence-corrected chi connectivity index (χ4v) is 3.76. The molecule has 0 unspecified atom stereocenters. The van der Waals surface area contributed by atoms with Gasteiger partial charge in [-0.25, -0.2) is 8.78 Å². The molecule has 24 heavy (non-hydrogen) atoms. The quantitative estimate of drug-likeness (QED) is 0.690. The summed E-state index contributed by atoms with van der Waals surface area (Å²) in [6, 6.07) is 9.47. The molecule has 0 aliphatic rings. The Morgan fingerprint density at radius 2 is 1.71 bits per heavy atom. The van der Waals surface area contributed by atoms with E-state index >= 15 is 0 Å². The van der Waals surface area contributed by atoms with Crippen molar-refractivity contribution < 1.29 is 13.9 Å². The Morgan fingerprint density at radius 3 is 2.38 bits per heavy atom. The van der Waals surface area contributed by atoms with E-state index in [4.69, 9.17) is 0 Å². The molecule has 0 saturated carbocycles. The topological polar surface area (TPSA) is 32.3 Å². The van der Waals surface area contributed by atoms with E-state index in [1.807, 2.05) is 26.8 Å². The van der Waals surface area contributed by atoms with Crippen LogP contribution in [0.4, 0.5) is 8.78 Å². The van der Waals surface area contributed by atoms with Gasteiger partial charge in [-0.05, 0) is 44.5 Å². The molecule has 2 aromatic rings. The summed E-state index contributed by atoms with van der Waals surface area (Å²) < 4.78 is 31.7. The zero-order valence-corrected chi connectivity index (χ0v) is 15.5. The number of halogens is 2. The minimum absolute atomic E-state index is 0.0272. The van der Waals surface area contributed by atoms with Crippen molar-refractivity contribution in [2.24, 2.45) is 0 Å². The van der Waals surface area contributed by atoms with Gasteiger partial charge in [0.2, 0.25) is 0 Å². The summed E-state index contributed by atoms with van der Waals surface area (Å²) in [5, 5.41) is 9.42. The highest BCUT2D eigenvalue weighted by atomic mass is 32.2. The Hall–Kier alpha value is -1.08. The molecule has 0 saturated heterocycles. The van der Waals surface area contributed by atoms with E-state index in [-0.39, 0.29) is 22.8 Å². The first-order chi connectivity index (χ1) is 11.3. The first-order valence-corrected chi connectivity index (χ1v) is 9.19. The van der Waals surface area contributed by atoms with Crippen LogP contribution >= 0.6 is 23.7 Å². The van der Waals surface area contributed by atoms with Crippen molar-refractivity contribution in [3.8, 4) is 0 Å². The highest BCUT2D eigenvalue weighted by molar-refractivity contribution is 7.99. The lowest BCUT2D eigenvalue weighted by Crippen LogP contribution is -2.17. The Bertz CT molecular complexity index is 702. The predicted octanol–water partition coefficient (Wildman–Crippen LogP) is 5.14. The van der Waals surface area contributed by atoms with Gasteiger partial charge in [0.15, 0.2) is 0 Å². The third-order valence-electron chi connectivity index (χ3n) is 3.14. The number of aliphatic hydroxyl groups is 1. The van der Waals surface area contributed by atoms with Crippen LogP contribution in [-0.2, 0) is 13.2 Å². The smallest absolute Gasteiger partial charge is 0.137 e. The Labute approximate surface area is 150 Å². The molecule has 0 radical (unpaired) electrons. The van der Waals surface area contributed by atoms with E-state index in [1.165, 1.54) is 11.9 Å². The molecule has 0 spiro atoms. The van der Waals surface area contributed by atoms with Crippen LogP contribution in [0.3, 0.4) is 0 Å². The molecule has 0 aliphatic carbocycles. The van der Waals surface area contributed by atoms with Gasteiger partial charge >= 0.3 is 0 Å². The number of benzene rings is 2. The normalized spacial score (nSPS) is 11.8. The summed E-state index contributed by atoms with van der Waals surface area (Å²) in [7, 11) is 0. The standard InChI is InChI=1S/C18H21F2NOS2/c1-18(2,3)24-21-10-13-14(19)8-9-15(20)17(13)23-16-7-5-4-6-12(16)11-22/h4-9,21-22H,10-11H2,1-3H3. The van der Waals surface area contributed by atoms with Crippen molar-refractivity contribution in [1.82, 2.24) is 4.72 Å². The minimum Gasteiger partial charge on any atom is -0.392 e. The van der Waals surface area contributed by atoms with E-state index in [0.29, 0.717) is 16.0 Å². The van der Waals surface area contributed by atoms with Crippen LogP contribution in [0.2, 0.25) is 0 Å². The molecule has 0 atom stereocenters. The molecule has 0 amide bonds. The van der Waals surface area contributed by atoms with Gasteiger partial charge in [-0.1, -0.05) is 41.9 Å². The number of hydrogen-bond acceptors (Lipinski definition) is 4. The Balaban J connectivity index is 2.30. The summed E-state index contributed by atoms with van der Waals surface area (Å²) in [5.41, 5.74) is 0.985. The molecule has 0 heterocycles. The molecule has 2 N–H and O–H groups in total. The van der Waals surface area contributed by atoms with Crippen molar-refractivity contribution in [2.75, 3.05) is 0 Å². The summed E-state index contributed by atoms with van der Waals surface area (Å²) >= 11 is 2.62. The summed E-state index contributed by atoms with van der Waals surface area (Å²) in [5.74, 6) is -0.908. The second-order valence-corrected chi connectivity index (χ2v) is 9.01. The van der Waals surface area contributed by atoms with Crippen molar-refractivity contribution in [3.05, 3.63) is 59.2 Å². The fraction of sp³-hybridized carbons (Fsp3) is 0.333. The van der Waals surface area contributed by atoms with Crippen molar-refractivity contribution in [3.63, 3.8) is 0 Å². The number of hydrogen-bond donors (Lipinski definition) is 2. The van der Waals surface area contributed by atoms with Crippen LogP contribution in [0.5, 0.6) is 0 Å². The van der Waals surface area contributed by atoms with Gasteiger partial charge in [0, 0.05) is 21.8 Å². The fourth-order valence-electron chi connectivity index (χ4n) is 2.02. The molecule has 0 fully saturated rings. The van der Waals surface area contributed by atoms with Crippen molar-refractivity contribution in [1.29, 1.82) is 0 Å². The molecule has 2 nitrogen and oxygen atoms in total. The van der Waals surface area contributed by atoms with E-state index in [1.54, 1.807) is 18.2 Å². The SMILES string of the molecule is CC(C)(C)SNCc1c(F)ccc(F)c1Sc1ccccc1CO. The highest BCUT2D eigenvalue weighted by Gasteiger charge is 2.18. The maximum Gasteiger partial charge on any atom is 0.137 e.